The van der Waals surface area contributed by atoms with Crippen molar-refractivity contribution < 1.29 is 4.21 Å². The van der Waals surface area contributed by atoms with Gasteiger partial charge in [-0.15, -0.1) is 0 Å². The molecule has 5 aromatic carbocycles. The summed E-state index contributed by atoms with van der Waals surface area (Å²) in [4.78, 5) is 5.40. The molecule has 1 nitrogen and oxygen atoms in total. The Balaban J connectivity index is 1.77. The highest BCUT2D eigenvalue weighted by Crippen LogP contribution is 2.39. The largest absolute Gasteiger partial charge is 0.249 e. The van der Waals surface area contributed by atoms with Gasteiger partial charge in [-0.05, 0) is 72.3 Å². The molecule has 174 valence electrons. The van der Waals surface area contributed by atoms with E-state index in [9.17, 15) is 4.21 Å². The predicted octanol–water partition coefficient (Wildman–Crippen LogP) is 8.44. The maximum Gasteiger partial charge on any atom is 0.183 e. The minimum absolute atomic E-state index is 0.404. The van der Waals surface area contributed by atoms with E-state index < -0.39 is 21.7 Å². The fourth-order valence-electron chi connectivity index (χ4n) is 4.38. The summed E-state index contributed by atoms with van der Waals surface area (Å²) in [5.74, 6) is 0. The van der Waals surface area contributed by atoms with Crippen molar-refractivity contribution in [3.05, 3.63) is 127 Å². The highest BCUT2D eigenvalue weighted by atomic mass is 32.2. The predicted molar refractivity (Wildman–Crippen MR) is 149 cm³/mol. The standard InChI is InChI=1S/C32H29OS2/c1-2-3-13-25-22-23-31(35(33)28-18-8-5-9-19-28)32(24-25)34(27-16-6-4-7-17-27)30-21-12-15-26-14-10-11-20-29(26)30/h4-12,14-24H,2-3,13H2,1H3/q+1. The molecule has 35 heavy (non-hydrogen) atoms. The van der Waals surface area contributed by atoms with E-state index in [1.54, 1.807) is 0 Å². The van der Waals surface area contributed by atoms with Crippen LogP contribution in [0.25, 0.3) is 10.8 Å². The summed E-state index contributed by atoms with van der Waals surface area (Å²) in [7, 11) is -1.67. The van der Waals surface area contributed by atoms with Crippen LogP contribution in [0.15, 0.2) is 146 Å². The second-order valence-electron chi connectivity index (χ2n) is 8.56. The molecule has 0 N–H and O–H groups in total. The lowest BCUT2D eigenvalue weighted by atomic mass is 10.1. The zero-order valence-electron chi connectivity index (χ0n) is 19.9. The Morgan fingerprint density at radius 2 is 1.37 bits per heavy atom. The SMILES string of the molecule is CCCCc1ccc(S(=O)c2ccccc2)c([S+](c2ccccc2)c2cccc3ccccc23)c1. The van der Waals surface area contributed by atoms with E-state index in [0.717, 1.165) is 33.9 Å². The zero-order chi connectivity index (χ0) is 24.0. The van der Waals surface area contributed by atoms with Crippen LogP contribution in [0.4, 0.5) is 0 Å². The van der Waals surface area contributed by atoms with Crippen molar-refractivity contribution >= 4 is 32.5 Å². The van der Waals surface area contributed by atoms with Gasteiger partial charge in [0.15, 0.2) is 14.7 Å². The van der Waals surface area contributed by atoms with E-state index in [0.29, 0.717) is 0 Å². The minimum Gasteiger partial charge on any atom is -0.249 e. The molecule has 5 rings (SSSR count). The van der Waals surface area contributed by atoms with Crippen LogP contribution in [-0.2, 0) is 28.1 Å². The van der Waals surface area contributed by atoms with Crippen molar-refractivity contribution in [1.29, 1.82) is 0 Å². The topological polar surface area (TPSA) is 17.1 Å². The molecule has 0 amide bonds. The van der Waals surface area contributed by atoms with Gasteiger partial charge in [0.2, 0.25) is 0 Å². The average Bonchev–Trinajstić information content (AvgIpc) is 2.93. The molecule has 2 unspecified atom stereocenters. The first-order valence-electron chi connectivity index (χ1n) is 12.1. The third-order valence-corrected chi connectivity index (χ3v) is 10.1. The van der Waals surface area contributed by atoms with E-state index in [1.165, 1.54) is 26.1 Å². The number of benzene rings is 5. The molecule has 2 atom stereocenters. The first kappa shape index (κ1) is 23.6. The summed E-state index contributed by atoms with van der Waals surface area (Å²) in [6.07, 6.45) is 3.33. The van der Waals surface area contributed by atoms with Gasteiger partial charge in [0.25, 0.3) is 0 Å². The quantitative estimate of drug-likeness (QED) is 0.198. The summed E-state index contributed by atoms with van der Waals surface area (Å²) in [6, 6.07) is 42.3. The van der Waals surface area contributed by atoms with E-state index in [1.807, 2.05) is 30.3 Å². The Kier molecular flexibility index (Phi) is 7.46. The third-order valence-electron chi connectivity index (χ3n) is 6.15. The Hall–Kier alpha value is -3.14. The second-order valence-corrected chi connectivity index (χ2v) is 12.0. The summed E-state index contributed by atoms with van der Waals surface area (Å²) < 4.78 is 13.9. The van der Waals surface area contributed by atoms with E-state index in [-0.39, 0.29) is 0 Å². The Bertz CT molecular complexity index is 1440. The molecule has 0 heterocycles. The molecule has 3 heteroatoms. The van der Waals surface area contributed by atoms with Gasteiger partial charge in [-0.25, -0.2) is 4.21 Å². The highest BCUT2D eigenvalue weighted by Gasteiger charge is 2.35. The van der Waals surface area contributed by atoms with Crippen LogP contribution in [0.1, 0.15) is 25.3 Å². The van der Waals surface area contributed by atoms with Crippen molar-refractivity contribution in [2.45, 2.75) is 50.7 Å². The van der Waals surface area contributed by atoms with Crippen LogP contribution in [0.2, 0.25) is 0 Å². The van der Waals surface area contributed by atoms with Crippen LogP contribution in [0.5, 0.6) is 0 Å². The Morgan fingerprint density at radius 3 is 2.14 bits per heavy atom. The number of fused-ring (bicyclic) bond motifs is 1. The summed E-state index contributed by atoms with van der Waals surface area (Å²) in [6.45, 7) is 2.23. The molecule has 0 aliphatic carbocycles. The van der Waals surface area contributed by atoms with Gasteiger partial charge in [-0.2, -0.15) is 0 Å². The maximum absolute atomic E-state index is 13.9. The fraction of sp³-hybridized carbons (Fsp3) is 0.125. The van der Waals surface area contributed by atoms with E-state index >= 15 is 0 Å². The maximum atomic E-state index is 13.9. The van der Waals surface area contributed by atoms with Crippen LogP contribution in [-0.4, -0.2) is 4.21 Å². The fourth-order valence-corrected chi connectivity index (χ4v) is 8.28. The van der Waals surface area contributed by atoms with Gasteiger partial charge >= 0.3 is 0 Å². The number of rotatable bonds is 8. The lowest BCUT2D eigenvalue weighted by Crippen LogP contribution is -2.10. The van der Waals surface area contributed by atoms with Gasteiger partial charge in [0.1, 0.15) is 10.9 Å². The normalized spacial score (nSPS) is 12.9. The van der Waals surface area contributed by atoms with Crippen molar-refractivity contribution in [3.63, 3.8) is 0 Å². The summed E-state index contributed by atoms with van der Waals surface area (Å²) in [5.41, 5.74) is 1.31. The van der Waals surface area contributed by atoms with Crippen LogP contribution in [0.3, 0.4) is 0 Å². The van der Waals surface area contributed by atoms with Gasteiger partial charge in [-0.1, -0.05) is 86.1 Å². The second kappa shape index (κ2) is 11.1. The molecule has 0 radical (unpaired) electrons. The molecule has 0 aliphatic heterocycles. The molecule has 5 aromatic rings. The van der Waals surface area contributed by atoms with Crippen molar-refractivity contribution in [2.75, 3.05) is 0 Å². The highest BCUT2D eigenvalue weighted by molar-refractivity contribution is 7.98. The Morgan fingerprint density at radius 1 is 0.686 bits per heavy atom. The molecule has 0 saturated carbocycles. The van der Waals surface area contributed by atoms with Gasteiger partial charge in [0, 0.05) is 10.3 Å². The van der Waals surface area contributed by atoms with Crippen LogP contribution < -0.4 is 0 Å². The lowest BCUT2D eigenvalue weighted by Gasteiger charge is -2.15. The van der Waals surface area contributed by atoms with Gasteiger partial charge in [0.05, 0.1) is 15.7 Å². The van der Waals surface area contributed by atoms with Crippen LogP contribution in [0, 0.1) is 0 Å². The molecule has 0 aliphatic rings. The summed E-state index contributed by atoms with van der Waals surface area (Å²) in [5, 5.41) is 2.48. The van der Waals surface area contributed by atoms with Gasteiger partial charge < -0.3 is 0 Å². The first-order valence-corrected chi connectivity index (χ1v) is 14.5. The smallest absolute Gasteiger partial charge is 0.183 e. The average molecular weight is 494 g/mol. The Labute approximate surface area is 213 Å². The zero-order valence-corrected chi connectivity index (χ0v) is 21.5. The number of aryl methyl sites for hydroxylation is 1. The van der Waals surface area contributed by atoms with Crippen molar-refractivity contribution in [3.8, 4) is 0 Å². The van der Waals surface area contributed by atoms with Crippen molar-refractivity contribution in [2.24, 2.45) is 0 Å². The molecule has 0 bridgehead atoms. The molecule has 0 fully saturated rings. The molecular weight excluding hydrogens is 464 g/mol. The molecule has 0 spiro atoms. The monoisotopic (exact) mass is 493 g/mol. The van der Waals surface area contributed by atoms with Crippen molar-refractivity contribution in [1.82, 2.24) is 0 Å². The molecule has 0 saturated heterocycles. The summed E-state index contributed by atoms with van der Waals surface area (Å²) >= 11 is 0. The molecule has 0 aromatic heterocycles. The van der Waals surface area contributed by atoms with E-state index in [4.69, 9.17) is 0 Å². The van der Waals surface area contributed by atoms with E-state index in [2.05, 4.69) is 97.9 Å². The molecular formula is C32H29OS2+. The van der Waals surface area contributed by atoms with Gasteiger partial charge in [-0.3, -0.25) is 0 Å². The minimum atomic E-state index is -1.27. The third kappa shape index (κ3) is 5.12. The lowest BCUT2D eigenvalue weighted by molar-refractivity contribution is 0.681. The number of hydrogen-bond donors (Lipinski definition) is 0. The number of hydrogen-bond acceptors (Lipinski definition) is 1. The number of unbranched alkanes of at least 4 members (excludes halogenated alkanes) is 1. The van der Waals surface area contributed by atoms with Crippen LogP contribution >= 0.6 is 0 Å². The first-order chi connectivity index (χ1) is 17.3.